The van der Waals surface area contributed by atoms with Crippen LogP contribution in [0.4, 0.5) is 4.39 Å². The quantitative estimate of drug-likeness (QED) is 0.739. The maximum absolute atomic E-state index is 14.0. The lowest BCUT2D eigenvalue weighted by Gasteiger charge is -2.03. The average molecular weight is 322 g/mol. The summed E-state index contributed by atoms with van der Waals surface area (Å²) in [6, 6.07) is 8.17. The molecule has 0 saturated heterocycles. The first-order chi connectivity index (χ1) is 11.7. The fourth-order valence-electron chi connectivity index (χ4n) is 2.15. The lowest BCUT2D eigenvalue weighted by molar-refractivity contribution is 0.428. The van der Waals surface area contributed by atoms with Gasteiger partial charge in [0.1, 0.15) is 5.82 Å². The Morgan fingerprint density at radius 2 is 2.04 bits per heavy atom. The molecule has 3 rings (SSSR count). The van der Waals surface area contributed by atoms with E-state index in [2.05, 4.69) is 15.1 Å². The lowest BCUT2D eigenvalue weighted by Crippen LogP contribution is -1.97. The molecule has 0 aliphatic rings. The Hall–Kier alpha value is -3.28. The van der Waals surface area contributed by atoms with E-state index in [0.29, 0.717) is 16.8 Å². The molecule has 0 radical (unpaired) electrons. The zero-order chi connectivity index (χ0) is 16.9. The third-order valence-corrected chi connectivity index (χ3v) is 3.29. The van der Waals surface area contributed by atoms with E-state index >= 15 is 0 Å². The van der Waals surface area contributed by atoms with Gasteiger partial charge >= 0.3 is 0 Å². The van der Waals surface area contributed by atoms with Crippen LogP contribution in [0.25, 0.3) is 28.3 Å². The molecule has 0 aliphatic heterocycles. The second-order valence-electron chi connectivity index (χ2n) is 5.04. The van der Waals surface area contributed by atoms with Crippen LogP contribution in [0.5, 0.6) is 0 Å². The van der Waals surface area contributed by atoms with Gasteiger partial charge in [0.2, 0.25) is 5.82 Å². The molecule has 0 fully saturated rings. The van der Waals surface area contributed by atoms with Crippen molar-refractivity contribution >= 4 is 5.70 Å². The second kappa shape index (κ2) is 6.87. The molecule has 0 atom stereocenters. The van der Waals surface area contributed by atoms with Crippen molar-refractivity contribution in [3.05, 3.63) is 72.6 Å². The minimum atomic E-state index is -0.400. The van der Waals surface area contributed by atoms with Gasteiger partial charge in [0, 0.05) is 23.5 Å². The first kappa shape index (κ1) is 15.6. The molecule has 0 saturated carbocycles. The molecular weight excluding hydrogens is 307 g/mol. The van der Waals surface area contributed by atoms with Gasteiger partial charge in [-0.05, 0) is 42.8 Å². The van der Waals surface area contributed by atoms with Gasteiger partial charge in [-0.1, -0.05) is 23.4 Å². The van der Waals surface area contributed by atoms with Gasteiger partial charge in [-0.25, -0.2) is 4.39 Å². The first-order valence-electron chi connectivity index (χ1n) is 7.31. The van der Waals surface area contributed by atoms with Crippen LogP contribution in [-0.4, -0.2) is 15.1 Å². The molecule has 0 amide bonds. The summed E-state index contributed by atoms with van der Waals surface area (Å²) in [6.07, 6.45) is 8.60. The van der Waals surface area contributed by atoms with E-state index in [1.807, 2.05) is 19.1 Å². The summed E-state index contributed by atoms with van der Waals surface area (Å²) in [5.74, 6) is 0.0605. The van der Waals surface area contributed by atoms with Gasteiger partial charge < -0.3 is 10.3 Å². The van der Waals surface area contributed by atoms with E-state index in [-0.39, 0.29) is 11.7 Å². The molecule has 120 valence electrons. The Balaban J connectivity index is 1.99. The normalized spacial score (nSPS) is 12.0. The van der Waals surface area contributed by atoms with Crippen LogP contribution in [0.15, 0.2) is 65.5 Å². The Kier molecular flexibility index (Phi) is 4.47. The van der Waals surface area contributed by atoms with Crippen molar-refractivity contribution in [2.45, 2.75) is 6.92 Å². The zero-order valence-corrected chi connectivity index (χ0v) is 13.0. The van der Waals surface area contributed by atoms with Crippen molar-refractivity contribution in [2.75, 3.05) is 0 Å². The number of nitrogens with two attached hydrogens (primary N) is 1. The monoisotopic (exact) mass is 322 g/mol. The highest BCUT2D eigenvalue weighted by molar-refractivity contribution is 5.70. The van der Waals surface area contributed by atoms with Crippen LogP contribution in [-0.2, 0) is 0 Å². The fourth-order valence-corrected chi connectivity index (χ4v) is 2.15. The number of rotatable bonds is 4. The van der Waals surface area contributed by atoms with Gasteiger partial charge in [0.05, 0.1) is 5.70 Å². The Morgan fingerprint density at radius 3 is 2.79 bits per heavy atom. The summed E-state index contributed by atoms with van der Waals surface area (Å²) in [5.41, 5.74) is 8.18. The van der Waals surface area contributed by atoms with Crippen LogP contribution >= 0.6 is 0 Å². The van der Waals surface area contributed by atoms with Crippen LogP contribution < -0.4 is 5.73 Å². The third kappa shape index (κ3) is 3.38. The maximum atomic E-state index is 14.0. The summed E-state index contributed by atoms with van der Waals surface area (Å²) < 4.78 is 19.2. The van der Waals surface area contributed by atoms with Crippen LogP contribution in [0, 0.1) is 5.82 Å². The number of halogens is 1. The van der Waals surface area contributed by atoms with Gasteiger partial charge in [-0.3, -0.25) is 4.98 Å². The summed E-state index contributed by atoms with van der Waals surface area (Å²) in [6.45, 7) is 1.87. The van der Waals surface area contributed by atoms with E-state index in [4.69, 9.17) is 10.3 Å². The number of benzene rings is 1. The number of hydrogen-bond donors (Lipinski definition) is 1. The molecule has 0 unspecified atom stereocenters. The maximum Gasteiger partial charge on any atom is 0.258 e. The molecule has 24 heavy (non-hydrogen) atoms. The van der Waals surface area contributed by atoms with E-state index in [9.17, 15) is 4.39 Å². The Bertz CT molecular complexity index is 900. The number of nitrogens with zero attached hydrogens (tertiary/aromatic N) is 3. The van der Waals surface area contributed by atoms with Crippen molar-refractivity contribution < 1.29 is 8.91 Å². The molecule has 1 aromatic carbocycles. The van der Waals surface area contributed by atoms with Gasteiger partial charge in [-0.2, -0.15) is 4.98 Å². The topological polar surface area (TPSA) is 77.8 Å². The standard InChI is InChI=1S/C18H15FN4O/c1-2-3-6-16(20)17-22-18(24-23-17)14-8-13(9-15(19)10-14)12-5-4-7-21-11-12/h2-11H,20H2,1H3/b3-2-,16-6-. The molecule has 0 bridgehead atoms. The molecular formula is C18H15FN4O. The number of aromatic nitrogens is 3. The minimum absolute atomic E-state index is 0.200. The molecule has 0 aliphatic carbocycles. The van der Waals surface area contributed by atoms with Crippen LogP contribution in [0.1, 0.15) is 12.7 Å². The van der Waals surface area contributed by atoms with E-state index in [1.54, 1.807) is 36.7 Å². The number of pyridine rings is 1. The Labute approximate surface area is 138 Å². The first-order valence-corrected chi connectivity index (χ1v) is 7.31. The third-order valence-electron chi connectivity index (χ3n) is 3.29. The summed E-state index contributed by atoms with van der Waals surface area (Å²) in [5, 5.41) is 3.83. The highest BCUT2D eigenvalue weighted by Crippen LogP contribution is 2.27. The minimum Gasteiger partial charge on any atom is -0.396 e. The molecule has 5 nitrogen and oxygen atoms in total. The van der Waals surface area contributed by atoms with Crippen molar-refractivity contribution in [1.82, 2.24) is 15.1 Å². The summed E-state index contributed by atoms with van der Waals surface area (Å²) in [7, 11) is 0. The highest BCUT2D eigenvalue weighted by atomic mass is 19.1. The van der Waals surface area contributed by atoms with Gasteiger partial charge in [0.15, 0.2) is 0 Å². The molecule has 2 aromatic heterocycles. The number of hydrogen-bond acceptors (Lipinski definition) is 5. The smallest absolute Gasteiger partial charge is 0.258 e. The average Bonchev–Trinajstić information content (AvgIpc) is 3.10. The van der Waals surface area contributed by atoms with Crippen molar-refractivity contribution in [3.8, 4) is 22.6 Å². The lowest BCUT2D eigenvalue weighted by atomic mass is 10.0. The van der Waals surface area contributed by atoms with Gasteiger partial charge in [0.25, 0.3) is 5.89 Å². The predicted molar refractivity (Wildman–Crippen MR) is 89.9 cm³/mol. The molecule has 3 aromatic rings. The van der Waals surface area contributed by atoms with Gasteiger partial charge in [-0.15, -0.1) is 0 Å². The van der Waals surface area contributed by atoms with E-state index < -0.39 is 5.82 Å². The Morgan fingerprint density at radius 1 is 1.21 bits per heavy atom. The van der Waals surface area contributed by atoms with Crippen molar-refractivity contribution in [3.63, 3.8) is 0 Å². The van der Waals surface area contributed by atoms with Crippen molar-refractivity contribution in [2.24, 2.45) is 5.73 Å². The van der Waals surface area contributed by atoms with E-state index in [1.165, 1.54) is 12.1 Å². The molecule has 0 spiro atoms. The zero-order valence-electron chi connectivity index (χ0n) is 13.0. The highest BCUT2D eigenvalue weighted by Gasteiger charge is 2.13. The molecule has 2 N–H and O–H groups in total. The van der Waals surface area contributed by atoms with Crippen LogP contribution in [0.3, 0.4) is 0 Å². The SMILES string of the molecule is C/C=C\C=C(/N)c1noc(-c2cc(F)cc(-c3cccnc3)c2)n1. The largest absolute Gasteiger partial charge is 0.396 e. The van der Waals surface area contributed by atoms with E-state index in [0.717, 1.165) is 5.56 Å². The van der Waals surface area contributed by atoms with Crippen molar-refractivity contribution in [1.29, 1.82) is 0 Å². The van der Waals surface area contributed by atoms with Crippen LogP contribution in [0.2, 0.25) is 0 Å². The fraction of sp³-hybridized carbons (Fsp3) is 0.0556. The molecule has 6 heteroatoms. The molecule has 2 heterocycles. The summed E-state index contributed by atoms with van der Waals surface area (Å²) in [4.78, 5) is 8.27. The predicted octanol–water partition coefficient (Wildman–Crippen LogP) is 3.81. The number of allylic oxidation sites excluding steroid dienone is 3. The second-order valence-corrected chi connectivity index (χ2v) is 5.04. The summed E-state index contributed by atoms with van der Waals surface area (Å²) >= 11 is 0.